The highest BCUT2D eigenvalue weighted by molar-refractivity contribution is 6.31. The zero-order chi connectivity index (χ0) is 19.0. The summed E-state index contributed by atoms with van der Waals surface area (Å²) in [5.41, 5.74) is 3.10. The molecular weight excluding hydrogens is 354 g/mol. The smallest absolute Gasteiger partial charge is 0.274 e. The van der Waals surface area contributed by atoms with E-state index in [0.717, 1.165) is 16.5 Å². The fourth-order valence-corrected chi connectivity index (χ4v) is 3.43. The Morgan fingerprint density at radius 3 is 2.62 bits per heavy atom. The van der Waals surface area contributed by atoms with Crippen molar-refractivity contribution < 1.29 is 9.72 Å². The molecule has 134 valence electrons. The molecule has 7 heteroatoms. The number of fused-ring (bicyclic) bond motifs is 1. The van der Waals surface area contributed by atoms with Gasteiger partial charge in [-0.05, 0) is 50.6 Å². The van der Waals surface area contributed by atoms with E-state index >= 15 is 0 Å². The van der Waals surface area contributed by atoms with Gasteiger partial charge in [-0.2, -0.15) is 0 Å². The zero-order valence-electron chi connectivity index (χ0n) is 14.7. The molecule has 0 bridgehead atoms. The van der Waals surface area contributed by atoms with Crippen LogP contribution in [0.25, 0.3) is 10.9 Å². The van der Waals surface area contributed by atoms with Crippen LogP contribution in [0.5, 0.6) is 0 Å². The van der Waals surface area contributed by atoms with E-state index in [-0.39, 0.29) is 11.6 Å². The first-order valence-electron chi connectivity index (χ1n) is 8.18. The molecule has 3 rings (SSSR count). The second-order valence-corrected chi connectivity index (χ2v) is 6.48. The van der Waals surface area contributed by atoms with Gasteiger partial charge in [-0.1, -0.05) is 17.7 Å². The quantitative estimate of drug-likeness (QED) is 0.512. The van der Waals surface area contributed by atoms with Gasteiger partial charge in [0.15, 0.2) is 0 Å². The fraction of sp³-hybridized carbons (Fsp3) is 0.211. The Balaban J connectivity index is 2.08. The first-order chi connectivity index (χ1) is 12.3. The molecule has 26 heavy (non-hydrogen) atoms. The number of carbonyl (C=O) groups excluding carboxylic acids is 1. The molecule has 1 heterocycles. The normalized spacial score (nSPS) is 10.9. The average molecular weight is 372 g/mol. The lowest BCUT2D eigenvalue weighted by Crippen LogP contribution is -2.18. The van der Waals surface area contributed by atoms with Gasteiger partial charge in [0.1, 0.15) is 5.69 Å². The molecule has 0 spiro atoms. The molecule has 0 unspecified atom stereocenters. The summed E-state index contributed by atoms with van der Waals surface area (Å²) < 4.78 is 1.92. The number of nitrogens with zero attached hydrogens (tertiary/aromatic N) is 2. The standard InChI is InChI=1S/C19H18ClN3O3/c1-4-22-17-9-8-13(20)10-14(17)11(2)18(22)19(24)21-15-6-5-7-16(12(15)3)23(25)26/h5-10H,4H2,1-3H3,(H,21,24). The van der Waals surface area contributed by atoms with Crippen molar-refractivity contribution in [1.29, 1.82) is 0 Å². The highest BCUT2D eigenvalue weighted by Crippen LogP contribution is 2.30. The minimum atomic E-state index is -0.457. The molecule has 0 aliphatic carbocycles. The van der Waals surface area contributed by atoms with Gasteiger partial charge in [0, 0.05) is 28.5 Å². The van der Waals surface area contributed by atoms with Crippen LogP contribution in [0.4, 0.5) is 11.4 Å². The van der Waals surface area contributed by atoms with Crippen LogP contribution in [0.15, 0.2) is 36.4 Å². The number of benzene rings is 2. The van der Waals surface area contributed by atoms with Crippen molar-refractivity contribution in [3.05, 3.63) is 68.4 Å². The molecule has 1 amide bonds. The van der Waals surface area contributed by atoms with Gasteiger partial charge in [-0.15, -0.1) is 0 Å². The molecule has 0 saturated carbocycles. The first-order valence-corrected chi connectivity index (χ1v) is 8.56. The van der Waals surface area contributed by atoms with Crippen LogP contribution in [0.1, 0.15) is 28.5 Å². The maximum atomic E-state index is 13.0. The van der Waals surface area contributed by atoms with Crippen molar-refractivity contribution in [1.82, 2.24) is 4.57 Å². The predicted octanol–water partition coefficient (Wildman–Crippen LogP) is 5.09. The summed E-state index contributed by atoms with van der Waals surface area (Å²) in [6.07, 6.45) is 0. The number of amides is 1. The summed E-state index contributed by atoms with van der Waals surface area (Å²) in [5, 5.41) is 15.4. The van der Waals surface area contributed by atoms with Gasteiger partial charge in [0.25, 0.3) is 11.6 Å². The maximum absolute atomic E-state index is 13.0. The summed E-state index contributed by atoms with van der Waals surface area (Å²) >= 11 is 6.10. The molecule has 3 aromatic rings. The number of carbonyl (C=O) groups is 1. The Bertz CT molecular complexity index is 1040. The molecule has 2 aromatic carbocycles. The van der Waals surface area contributed by atoms with Crippen LogP contribution < -0.4 is 5.32 Å². The highest BCUT2D eigenvalue weighted by atomic mass is 35.5. The maximum Gasteiger partial charge on any atom is 0.274 e. The van der Waals surface area contributed by atoms with Gasteiger partial charge in [-0.3, -0.25) is 14.9 Å². The summed E-state index contributed by atoms with van der Waals surface area (Å²) in [7, 11) is 0. The minimum absolute atomic E-state index is 0.0256. The number of rotatable bonds is 4. The molecule has 0 saturated heterocycles. The lowest BCUT2D eigenvalue weighted by Gasteiger charge is -2.11. The number of hydrogen-bond acceptors (Lipinski definition) is 3. The number of aryl methyl sites for hydroxylation is 2. The molecule has 0 aliphatic heterocycles. The van der Waals surface area contributed by atoms with Crippen LogP contribution in [0.3, 0.4) is 0 Å². The number of aromatic nitrogens is 1. The molecule has 6 nitrogen and oxygen atoms in total. The van der Waals surface area contributed by atoms with Crippen molar-refractivity contribution in [2.45, 2.75) is 27.3 Å². The van der Waals surface area contributed by atoms with Crippen LogP contribution in [0, 0.1) is 24.0 Å². The molecule has 1 N–H and O–H groups in total. The van der Waals surface area contributed by atoms with Crippen LogP contribution in [0.2, 0.25) is 5.02 Å². The number of nitrogens with one attached hydrogen (secondary N) is 1. The van der Waals surface area contributed by atoms with Gasteiger partial charge >= 0.3 is 0 Å². The Labute approximate surface area is 155 Å². The van der Waals surface area contributed by atoms with E-state index in [0.29, 0.717) is 28.5 Å². The van der Waals surface area contributed by atoms with Gasteiger partial charge in [-0.25, -0.2) is 0 Å². The lowest BCUT2D eigenvalue weighted by atomic mass is 10.1. The third kappa shape index (κ3) is 2.93. The third-order valence-electron chi connectivity index (χ3n) is 4.56. The molecule has 0 atom stereocenters. The average Bonchev–Trinajstić information content (AvgIpc) is 2.88. The number of anilines is 1. The van der Waals surface area contributed by atoms with Gasteiger partial charge < -0.3 is 9.88 Å². The molecule has 1 aromatic heterocycles. The second kappa shape index (κ2) is 6.80. The largest absolute Gasteiger partial charge is 0.337 e. The zero-order valence-corrected chi connectivity index (χ0v) is 15.4. The minimum Gasteiger partial charge on any atom is -0.337 e. The SMILES string of the molecule is CCn1c(C(=O)Nc2cccc([N+](=O)[O-])c2C)c(C)c2cc(Cl)ccc21. The highest BCUT2D eigenvalue weighted by Gasteiger charge is 2.21. The van der Waals surface area contributed by atoms with Crippen LogP contribution >= 0.6 is 11.6 Å². The van der Waals surface area contributed by atoms with E-state index in [1.807, 2.05) is 30.5 Å². The molecule has 0 fully saturated rings. The van der Waals surface area contributed by atoms with Crippen molar-refractivity contribution in [2.75, 3.05) is 5.32 Å². The van der Waals surface area contributed by atoms with Crippen LogP contribution in [-0.2, 0) is 6.54 Å². The summed E-state index contributed by atoms with van der Waals surface area (Å²) in [6.45, 7) is 6.07. The van der Waals surface area contributed by atoms with E-state index in [9.17, 15) is 14.9 Å². The lowest BCUT2D eigenvalue weighted by molar-refractivity contribution is -0.385. The number of nitro benzene ring substituents is 1. The fourth-order valence-electron chi connectivity index (χ4n) is 3.25. The topological polar surface area (TPSA) is 77.2 Å². The second-order valence-electron chi connectivity index (χ2n) is 6.04. The van der Waals surface area contributed by atoms with E-state index in [2.05, 4.69) is 5.32 Å². The summed E-state index contributed by atoms with van der Waals surface area (Å²) in [4.78, 5) is 23.6. The Morgan fingerprint density at radius 1 is 1.23 bits per heavy atom. The number of halogens is 1. The Morgan fingerprint density at radius 2 is 1.96 bits per heavy atom. The molecular formula is C19H18ClN3O3. The number of nitro groups is 1. The van der Waals surface area contributed by atoms with Crippen molar-refractivity contribution >= 4 is 39.8 Å². The molecule has 0 aliphatic rings. The van der Waals surface area contributed by atoms with Crippen LogP contribution in [-0.4, -0.2) is 15.4 Å². The van der Waals surface area contributed by atoms with E-state index in [1.165, 1.54) is 6.07 Å². The monoisotopic (exact) mass is 371 g/mol. The summed E-state index contributed by atoms with van der Waals surface area (Å²) in [5.74, 6) is -0.305. The number of hydrogen-bond donors (Lipinski definition) is 1. The first kappa shape index (κ1) is 17.9. The summed E-state index contributed by atoms with van der Waals surface area (Å²) in [6, 6.07) is 10.2. The van der Waals surface area contributed by atoms with E-state index in [1.54, 1.807) is 25.1 Å². The predicted molar refractivity (Wildman–Crippen MR) is 103 cm³/mol. The van der Waals surface area contributed by atoms with Crippen molar-refractivity contribution in [3.8, 4) is 0 Å². The van der Waals surface area contributed by atoms with Crippen molar-refractivity contribution in [2.24, 2.45) is 0 Å². The Hall–Kier alpha value is -2.86. The Kier molecular flexibility index (Phi) is 4.70. The molecule has 0 radical (unpaired) electrons. The third-order valence-corrected chi connectivity index (χ3v) is 4.80. The van der Waals surface area contributed by atoms with Gasteiger partial charge in [0.2, 0.25) is 0 Å². The van der Waals surface area contributed by atoms with Gasteiger partial charge in [0.05, 0.1) is 16.2 Å². The van der Waals surface area contributed by atoms with E-state index < -0.39 is 4.92 Å². The van der Waals surface area contributed by atoms with E-state index in [4.69, 9.17) is 11.6 Å². The van der Waals surface area contributed by atoms with Crippen molar-refractivity contribution in [3.63, 3.8) is 0 Å².